The molecule has 0 amide bonds. The fraction of sp³-hybridized carbons (Fsp3) is 1.00. The molecule has 2 N–H and O–H groups in total. The Kier molecular flexibility index (Phi) is 5.03. The van der Waals surface area contributed by atoms with E-state index in [4.69, 9.17) is 0 Å². The van der Waals surface area contributed by atoms with Crippen LogP contribution in [-0.2, 0) is 0 Å². The molecule has 0 unspecified atom stereocenters. The fourth-order valence-corrected chi connectivity index (χ4v) is 9.14. The van der Waals surface area contributed by atoms with Crippen molar-refractivity contribution in [2.45, 2.75) is 111 Å². The molecule has 2 nitrogen and oxygen atoms in total. The van der Waals surface area contributed by atoms with Crippen molar-refractivity contribution in [1.82, 2.24) is 0 Å². The molecular weight excluding hydrogens is 332 g/mol. The average Bonchev–Trinajstić information content (AvgIpc) is 2.91. The van der Waals surface area contributed by atoms with E-state index in [1.165, 1.54) is 44.9 Å². The Morgan fingerprint density at radius 2 is 1.59 bits per heavy atom. The van der Waals surface area contributed by atoms with Gasteiger partial charge in [-0.25, -0.2) is 0 Å². The van der Waals surface area contributed by atoms with Crippen molar-refractivity contribution < 1.29 is 10.2 Å². The van der Waals surface area contributed by atoms with Crippen LogP contribution in [0, 0.1) is 46.3 Å². The Hall–Kier alpha value is -0.0800. The lowest BCUT2D eigenvalue weighted by Crippen LogP contribution is -2.54. The first-order valence-electron chi connectivity index (χ1n) is 11.9. The van der Waals surface area contributed by atoms with Gasteiger partial charge >= 0.3 is 0 Å². The first-order valence-corrected chi connectivity index (χ1v) is 11.9. The summed E-state index contributed by atoms with van der Waals surface area (Å²) in [6.07, 6.45) is 12.6. The highest BCUT2D eigenvalue weighted by molar-refractivity contribution is 5.09. The minimum Gasteiger partial charge on any atom is -0.393 e. The van der Waals surface area contributed by atoms with Crippen molar-refractivity contribution in [2.24, 2.45) is 46.3 Å². The van der Waals surface area contributed by atoms with Crippen molar-refractivity contribution in [3.05, 3.63) is 0 Å². The summed E-state index contributed by atoms with van der Waals surface area (Å²) in [5.41, 5.74) is 0.434. The smallest absolute Gasteiger partial charge is 0.0594 e. The summed E-state index contributed by atoms with van der Waals surface area (Å²) < 4.78 is 0. The summed E-state index contributed by atoms with van der Waals surface area (Å²) in [7, 11) is 0. The average molecular weight is 377 g/mol. The molecule has 4 saturated carbocycles. The monoisotopic (exact) mass is 376 g/mol. The third-order valence-electron chi connectivity index (χ3n) is 10.2. The van der Waals surface area contributed by atoms with E-state index >= 15 is 0 Å². The highest BCUT2D eigenvalue weighted by Gasteiger charge is 2.60. The molecule has 2 heteroatoms. The van der Waals surface area contributed by atoms with Crippen molar-refractivity contribution in [3.8, 4) is 0 Å². The van der Waals surface area contributed by atoms with Gasteiger partial charge in [0, 0.05) is 0 Å². The van der Waals surface area contributed by atoms with E-state index in [1.807, 2.05) is 13.8 Å². The minimum atomic E-state index is -0.542. The zero-order valence-corrected chi connectivity index (χ0v) is 18.5. The number of aliphatic hydroxyl groups is 2. The summed E-state index contributed by atoms with van der Waals surface area (Å²) in [5, 5.41) is 20.6. The molecule has 9 atom stereocenters. The number of rotatable bonds is 3. The maximum Gasteiger partial charge on any atom is 0.0594 e. The molecule has 0 heterocycles. The summed E-state index contributed by atoms with van der Waals surface area (Å²) >= 11 is 0. The second-order valence-electron chi connectivity index (χ2n) is 12.3. The van der Waals surface area contributed by atoms with Crippen LogP contribution in [0.5, 0.6) is 0 Å². The predicted octanol–water partition coefficient (Wildman–Crippen LogP) is 5.80. The molecule has 4 aliphatic rings. The van der Waals surface area contributed by atoms with Crippen LogP contribution in [0.15, 0.2) is 0 Å². The van der Waals surface area contributed by atoms with Gasteiger partial charge in [0.2, 0.25) is 0 Å². The number of hydrogen-bond donors (Lipinski definition) is 2. The van der Waals surface area contributed by atoms with Gasteiger partial charge in [0.25, 0.3) is 0 Å². The molecule has 4 aliphatic carbocycles. The van der Waals surface area contributed by atoms with E-state index < -0.39 is 5.60 Å². The molecule has 0 saturated heterocycles. The standard InChI is InChI=1S/C25H44O2/c1-16(15-23(2,3)27)20-8-9-21-19-7-6-17-14-18(26)10-12-24(17,4)22(19)11-13-25(20,21)5/h16-22,26-27H,6-15H2,1-5H3/t16-,17+,18+,19-,20+,21-,22-,24+,25+/m1/s1. The first kappa shape index (κ1) is 20.2. The van der Waals surface area contributed by atoms with Crippen molar-refractivity contribution >= 4 is 0 Å². The van der Waals surface area contributed by atoms with Crippen LogP contribution in [-0.4, -0.2) is 21.9 Å². The Bertz CT molecular complexity index is 551. The zero-order chi connectivity index (χ0) is 19.6. The number of hydrogen-bond acceptors (Lipinski definition) is 2. The normalized spacial score (nSPS) is 51.2. The third kappa shape index (κ3) is 3.31. The SMILES string of the molecule is C[C@H](CC(C)(C)O)[C@@H]1CC[C@@H]2[C@H]3CC[C@H]4C[C@@H](O)CC[C@]4(C)[C@@H]3CC[C@]21C. The van der Waals surface area contributed by atoms with E-state index in [0.29, 0.717) is 16.7 Å². The summed E-state index contributed by atoms with van der Waals surface area (Å²) in [6.45, 7) is 11.6. The molecule has 0 aromatic rings. The van der Waals surface area contributed by atoms with Gasteiger partial charge in [-0.1, -0.05) is 20.8 Å². The van der Waals surface area contributed by atoms with E-state index in [2.05, 4.69) is 20.8 Å². The number of fused-ring (bicyclic) bond motifs is 5. The van der Waals surface area contributed by atoms with Gasteiger partial charge in [-0.05, 0) is 124 Å². The zero-order valence-electron chi connectivity index (χ0n) is 18.5. The van der Waals surface area contributed by atoms with E-state index in [9.17, 15) is 10.2 Å². The molecule has 4 rings (SSSR count). The highest BCUT2D eigenvalue weighted by Crippen LogP contribution is 2.68. The third-order valence-corrected chi connectivity index (χ3v) is 10.2. The molecule has 27 heavy (non-hydrogen) atoms. The molecule has 156 valence electrons. The summed E-state index contributed by atoms with van der Waals surface area (Å²) in [4.78, 5) is 0. The number of aliphatic hydroxyl groups excluding tert-OH is 1. The lowest BCUT2D eigenvalue weighted by atomic mass is 9.44. The van der Waals surface area contributed by atoms with Crippen LogP contribution in [0.25, 0.3) is 0 Å². The fourth-order valence-electron chi connectivity index (χ4n) is 9.14. The van der Waals surface area contributed by atoms with Gasteiger partial charge in [0.05, 0.1) is 11.7 Å². The first-order chi connectivity index (χ1) is 12.5. The molecule has 0 aromatic heterocycles. The summed E-state index contributed by atoms with van der Waals surface area (Å²) in [6, 6.07) is 0. The summed E-state index contributed by atoms with van der Waals surface area (Å²) in [5.74, 6) is 4.87. The maximum absolute atomic E-state index is 10.4. The van der Waals surface area contributed by atoms with Crippen LogP contribution in [0.1, 0.15) is 98.8 Å². The van der Waals surface area contributed by atoms with E-state index in [1.54, 1.807) is 0 Å². The second-order valence-corrected chi connectivity index (χ2v) is 12.3. The quantitative estimate of drug-likeness (QED) is 0.653. The largest absolute Gasteiger partial charge is 0.393 e. The van der Waals surface area contributed by atoms with Gasteiger partial charge in [-0.2, -0.15) is 0 Å². The van der Waals surface area contributed by atoms with Gasteiger partial charge in [-0.15, -0.1) is 0 Å². The second kappa shape index (κ2) is 6.73. The molecule has 0 aliphatic heterocycles. The predicted molar refractivity (Wildman–Crippen MR) is 111 cm³/mol. The molecular formula is C25H44O2. The topological polar surface area (TPSA) is 40.5 Å². The lowest BCUT2D eigenvalue weighted by molar-refractivity contribution is -0.130. The Morgan fingerprint density at radius 1 is 0.926 bits per heavy atom. The van der Waals surface area contributed by atoms with Gasteiger partial charge in [0.15, 0.2) is 0 Å². The van der Waals surface area contributed by atoms with E-state index in [-0.39, 0.29) is 6.10 Å². The van der Waals surface area contributed by atoms with Gasteiger partial charge < -0.3 is 10.2 Å². The maximum atomic E-state index is 10.4. The van der Waals surface area contributed by atoms with Crippen molar-refractivity contribution in [2.75, 3.05) is 0 Å². The van der Waals surface area contributed by atoms with Crippen LogP contribution >= 0.6 is 0 Å². The minimum absolute atomic E-state index is 0.0352. The Balaban J connectivity index is 1.54. The van der Waals surface area contributed by atoms with Gasteiger partial charge in [-0.3, -0.25) is 0 Å². The van der Waals surface area contributed by atoms with Crippen LogP contribution in [0.2, 0.25) is 0 Å². The van der Waals surface area contributed by atoms with Crippen LogP contribution < -0.4 is 0 Å². The van der Waals surface area contributed by atoms with Crippen molar-refractivity contribution in [3.63, 3.8) is 0 Å². The van der Waals surface area contributed by atoms with Crippen molar-refractivity contribution in [1.29, 1.82) is 0 Å². The molecule has 0 spiro atoms. The molecule has 0 radical (unpaired) electrons. The van der Waals surface area contributed by atoms with Crippen LogP contribution in [0.3, 0.4) is 0 Å². The molecule has 0 aromatic carbocycles. The Morgan fingerprint density at radius 3 is 2.30 bits per heavy atom. The van der Waals surface area contributed by atoms with E-state index in [0.717, 1.165) is 48.9 Å². The van der Waals surface area contributed by atoms with Gasteiger partial charge in [0.1, 0.15) is 0 Å². The van der Waals surface area contributed by atoms with Crippen LogP contribution in [0.4, 0.5) is 0 Å². The lowest BCUT2D eigenvalue weighted by Gasteiger charge is -2.61. The Labute approximate surface area is 167 Å². The molecule has 4 fully saturated rings. The highest BCUT2D eigenvalue weighted by atomic mass is 16.3. The molecule has 0 bridgehead atoms.